The summed E-state index contributed by atoms with van der Waals surface area (Å²) in [6.45, 7) is 6.57. The van der Waals surface area contributed by atoms with Gasteiger partial charge in [0.25, 0.3) is 0 Å². The van der Waals surface area contributed by atoms with E-state index in [1.165, 1.54) is 5.56 Å². The fraction of sp³-hybridized carbons (Fsp3) is 0.652. The van der Waals surface area contributed by atoms with Gasteiger partial charge in [0, 0.05) is 44.7 Å². The first-order valence-electron chi connectivity index (χ1n) is 10.8. The Balaban J connectivity index is 1.47. The topological polar surface area (TPSA) is 71.4 Å². The number of hydrogen-bond acceptors (Lipinski definition) is 5. The lowest BCUT2D eigenvalue weighted by Gasteiger charge is -2.43. The van der Waals surface area contributed by atoms with Gasteiger partial charge in [0.15, 0.2) is 0 Å². The predicted molar refractivity (Wildman–Crippen MR) is 111 cm³/mol. The van der Waals surface area contributed by atoms with Crippen LogP contribution in [0.3, 0.4) is 0 Å². The Hall–Kier alpha value is -1.92. The highest BCUT2D eigenvalue weighted by Gasteiger charge is 2.46. The predicted octanol–water partition coefficient (Wildman–Crippen LogP) is 2.90. The molecule has 0 aromatic heterocycles. The Kier molecular flexibility index (Phi) is 5.93. The lowest BCUT2D eigenvalue weighted by atomic mass is 9.73. The van der Waals surface area contributed by atoms with Gasteiger partial charge in [0.2, 0.25) is 5.91 Å². The van der Waals surface area contributed by atoms with Crippen molar-refractivity contribution >= 4 is 11.6 Å². The number of aliphatic hydroxyl groups excluding tert-OH is 1. The summed E-state index contributed by atoms with van der Waals surface area (Å²) in [7, 11) is 0. The third-order valence-electron chi connectivity index (χ3n) is 6.86. The highest BCUT2D eigenvalue weighted by molar-refractivity contribution is 6.02. The number of benzene rings is 1. The maximum Gasteiger partial charge on any atom is 0.229 e. The average Bonchev–Trinajstić information content (AvgIpc) is 3.18. The van der Waals surface area contributed by atoms with Gasteiger partial charge in [0.1, 0.15) is 6.10 Å². The van der Waals surface area contributed by atoms with E-state index in [9.17, 15) is 9.90 Å². The summed E-state index contributed by atoms with van der Waals surface area (Å²) in [6, 6.07) is 8.21. The highest BCUT2D eigenvalue weighted by Crippen LogP contribution is 2.41. The van der Waals surface area contributed by atoms with Crippen molar-refractivity contribution in [2.45, 2.75) is 58.2 Å². The molecule has 3 aliphatic heterocycles. The van der Waals surface area contributed by atoms with Gasteiger partial charge in [0.05, 0.1) is 17.2 Å². The SMILES string of the molecule is Cc1ccccc1C1=NO[C@@H](CC2(C(=O)N3CC[C@H](O)[C@H](C)C3)CCOCC2)C1. The lowest BCUT2D eigenvalue weighted by Crippen LogP contribution is -2.53. The molecule has 29 heavy (non-hydrogen) atoms. The van der Waals surface area contributed by atoms with Crippen LogP contribution in [0.2, 0.25) is 0 Å². The quantitative estimate of drug-likeness (QED) is 0.844. The summed E-state index contributed by atoms with van der Waals surface area (Å²) in [5, 5.41) is 14.4. The van der Waals surface area contributed by atoms with Gasteiger partial charge < -0.3 is 19.6 Å². The van der Waals surface area contributed by atoms with E-state index in [1.807, 2.05) is 24.0 Å². The number of nitrogens with zero attached hydrogens (tertiary/aromatic N) is 2. The Morgan fingerprint density at radius 1 is 1.31 bits per heavy atom. The minimum Gasteiger partial charge on any atom is -0.393 e. The zero-order chi connectivity index (χ0) is 20.4. The molecule has 1 N–H and O–H groups in total. The number of carbonyl (C=O) groups excluding carboxylic acids is 1. The molecule has 1 aromatic rings. The van der Waals surface area contributed by atoms with Crippen LogP contribution in [0, 0.1) is 18.3 Å². The molecule has 2 saturated heterocycles. The maximum atomic E-state index is 13.6. The fourth-order valence-corrected chi connectivity index (χ4v) is 4.95. The summed E-state index contributed by atoms with van der Waals surface area (Å²) in [5.74, 6) is 0.316. The Bertz CT molecular complexity index is 772. The molecule has 0 saturated carbocycles. The van der Waals surface area contributed by atoms with E-state index < -0.39 is 5.41 Å². The molecule has 0 radical (unpaired) electrons. The molecule has 1 aromatic carbocycles. The van der Waals surface area contributed by atoms with E-state index in [0.717, 1.165) is 30.5 Å². The number of amides is 1. The second-order valence-electron chi connectivity index (χ2n) is 8.97. The Labute approximate surface area is 172 Å². The molecular weight excluding hydrogens is 368 g/mol. The van der Waals surface area contributed by atoms with Gasteiger partial charge in [-0.1, -0.05) is 36.3 Å². The molecular formula is C23H32N2O4. The Morgan fingerprint density at radius 3 is 2.79 bits per heavy atom. The molecule has 1 amide bonds. The van der Waals surface area contributed by atoms with E-state index in [1.54, 1.807) is 0 Å². The van der Waals surface area contributed by atoms with Gasteiger partial charge in [-0.05, 0) is 37.7 Å². The van der Waals surface area contributed by atoms with Gasteiger partial charge >= 0.3 is 0 Å². The largest absolute Gasteiger partial charge is 0.393 e. The van der Waals surface area contributed by atoms with Crippen LogP contribution in [0.1, 0.15) is 50.2 Å². The third kappa shape index (κ3) is 4.19. The van der Waals surface area contributed by atoms with Crippen LogP contribution in [0.5, 0.6) is 0 Å². The molecule has 0 spiro atoms. The third-order valence-corrected chi connectivity index (χ3v) is 6.86. The molecule has 0 bridgehead atoms. The molecule has 6 heteroatoms. The van der Waals surface area contributed by atoms with Crippen molar-refractivity contribution in [2.75, 3.05) is 26.3 Å². The summed E-state index contributed by atoms with van der Waals surface area (Å²) < 4.78 is 5.59. The number of aliphatic hydroxyl groups is 1. The molecule has 2 fully saturated rings. The number of rotatable bonds is 4. The van der Waals surface area contributed by atoms with Crippen LogP contribution in [0.15, 0.2) is 29.4 Å². The van der Waals surface area contributed by atoms with E-state index in [0.29, 0.717) is 39.1 Å². The van der Waals surface area contributed by atoms with Crippen LogP contribution in [-0.4, -0.2) is 60.1 Å². The second kappa shape index (κ2) is 8.44. The fourth-order valence-electron chi connectivity index (χ4n) is 4.95. The number of aryl methyl sites for hydroxylation is 1. The molecule has 6 nitrogen and oxygen atoms in total. The normalized spacial score (nSPS) is 29.3. The number of ether oxygens (including phenoxy) is 1. The van der Waals surface area contributed by atoms with Crippen LogP contribution in [0.4, 0.5) is 0 Å². The van der Waals surface area contributed by atoms with E-state index >= 15 is 0 Å². The van der Waals surface area contributed by atoms with Gasteiger partial charge in [-0.2, -0.15) is 0 Å². The van der Waals surface area contributed by atoms with Crippen LogP contribution >= 0.6 is 0 Å². The van der Waals surface area contributed by atoms with Gasteiger partial charge in [-0.15, -0.1) is 0 Å². The Morgan fingerprint density at radius 2 is 2.07 bits per heavy atom. The highest BCUT2D eigenvalue weighted by atomic mass is 16.6. The first-order valence-corrected chi connectivity index (χ1v) is 10.8. The number of likely N-dealkylation sites (tertiary alicyclic amines) is 1. The van der Waals surface area contributed by atoms with Gasteiger partial charge in [-0.25, -0.2) is 0 Å². The molecule has 0 aliphatic carbocycles. The number of hydrogen-bond donors (Lipinski definition) is 1. The maximum absolute atomic E-state index is 13.6. The molecule has 4 rings (SSSR count). The van der Waals surface area contributed by atoms with E-state index in [4.69, 9.17) is 9.57 Å². The number of carbonyl (C=O) groups is 1. The standard InChI is InChI=1S/C23H32N2O4/c1-16-5-3-4-6-19(16)20-13-18(29-24-20)14-23(8-11-28-12-9-23)22(27)25-10-7-21(26)17(2)15-25/h3-6,17-18,21,26H,7-15H2,1-2H3/t17-,18-,21+/m1/s1. The van der Waals surface area contributed by atoms with Gasteiger partial charge in [-0.3, -0.25) is 4.79 Å². The minimum absolute atomic E-state index is 0.0838. The first-order chi connectivity index (χ1) is 14.0. The smallest absolute Gasteiger partial charge is 0.229 e. The van der Waals surface area contributed by atoms with E-state index in [2.05, 4.69) is 24.2 Å². The number of piperidine rings is 1. The van der Waals surface area contributed by atoms with Crippen molar-refractivity contribution < 1.29 is 19.5 Å². The van der Waals surface area contributed by atoms with Crippen molar-refractivity contribution in [1.29, 1.82) is 0 Å². The minimum atomic E-state index is -0.457. The van der Waals surface area contributed by atoms with Crippen molar-refractivity contribution in [3.63, 3.8) is 0 Å². The number of oxime groups is 1. The van der Waals surface area contributed by atoms with Crippen molar-refractivity contribution in [1.82, 2.24) is 4.90 Å². The van der Waals surface area contributed by atoms with Crippen LogP contribution in [0.25, 0.3) is 0 Å². The summed E-state index contributed by atoms with van der Waals surface area (Å²) in [6.07, 6.45) is 3.10. The summed E-state index contributed by atoms with van der Waals surface area (Å²) in [5.41, 5.74) is 2.83. The summed E-state index contributed by atoms with van der Waals surface area (Å²) in [4.78, 5) is 21.4. The van der Waals surface area contributed by atoms with Crippen LogP contribution < -0.4 is 0 Å². The second-order valence-corrected chi connectivity index (χ2v) is 8.97. The molecule has 0 unspecified atom stereocenters. The van der Waals surface area contributed by atoms with Crippen molar-refractivity contribution in [2.24, 2.45) is 16.5 Å². The molecule has 3 aliphatic rings. The van der Waals surface area contributed by atoms with Crippen molar-refractivity contribution in [3.8, 4) is 0 Å². The molecule has 3 heterocycles. The lowest BCUT2D eigenvalue weighted by molar-refractivity contribution is -0.155. The van der Waals surface area contributed by atoms with Crippen molar-refractivity contribution in [3.05, 3.63) is 35.4 Å². The molecule has 158 valence electrons. The summed E-state index contributed by atoms with van der Waals surface area (Å²) >= 11 is 0. The average molecular weight is 401 g/mol. The van der Waals surface area contributed by atoms with E-state index in [-0.39, 0.29) is 24.0 Å². The van der Waals surface area contributed by atoms with Crippen LogP contribution in [-0.2, 0) is 14.4 Å². The zero-order valence-electron chi connectivity index (χ0n) is 17.5. The monoisotopic (exact) mass is 400 g/mol. The molecule has 3 atom stereocenters. The first kappa shape index (κ1) is 20.4. The zero-order valence-corrected chi connectivity index (χ0v) is 17.5.